The largest absolute Gasteiger partial charge is 0.364 e. The van der Waals surface area contributed by atoms with Crippen LogP contribution in [0.3, 0.4) is 0 Å². The van der Waals surface area contributed by atoms with Crippen LogP contribution >= 0.6 is 0 Å². The summed E-state index contributed by atoms with van der Waals surface area (Å²) >= 11 is 0. The molecule has 0 aromatic carbocycles. The third-order valence-electron chi connectivity index (χ3n) is 2.19. The molecule has 14 heavy (non-hydrogen) atoms. The van der Waals surface area contributed by atoms with Crippen LogP contribution in [0.15, 0.2) is 24.4 Å². The van der Waals surface area contributed by atoms with Crippen molar-refractivity contribution in [1.29, 1.82) is 5.26 Å². The van der Waals surface area contributed by atoms with Crippen molar-refractivity contribution in [3.05, 3.63) is 30.0 Å². The predicted octanol–water partition coefficient (Wildman–Crippen LogP) is 1.48. The molecule has 0 radical (unpaired) electrons. The first kappa shape index (κ1) is 8.70. The zero-order valence-corrected chi connectivity index (χ0v) is 7.64. The van der Waals surface area contributed by atoms with Gasteiger partial charge in [-0.2, -0.15) is 10.4 Å². The van der Waals surface area contributed by atoms with Gasteiger partial charge in [-0.15, -0.1) is 5.10 Å². The van der Waals surface area contributed by atoms with Crippen molar-refractivity contribution in [2.24, 2.45) is 0 Å². The highest BCUT2D eigenvalue weighted by atomic mass is 15.2. The van der Waals surface area contributed by atoms with Crippen LogP contribution in [0, 0.1) is 11.3 Å². The van der Waals surface area contributed by atoms with Crippen LogP contribution in [0.4, 0.5) is 5.82 Å². The van der Waals surface area contributed by atoms with Gasteiger partial charge in [0, 0.05) is 6.04 Å². The Morgan fingerprint density at radius 2 is 2.21 bits per heavy atom. The van der Waals surface area contributed by atoms with E-state index in [2.05, 4.69) is 33.7 Å². The fourth-order valence-electron chi connectivity index (χ4n) is 1.46. The van der Waals surface area contributed by atoms with Crippen molar-refractivity contribution in [2.75, 3.05) is 5.32 Å². The first-order chi connectivity index (χ1) is 6.90. The lowest BCUT2D eigenvalue weighted by Gasteiger charge is -2.12. The molecule has 4 heteroatoms. The molecule has 4 nitrogen and oxygen atoms in total. The number of aromatic nitrogens is 2. The zero-order chi connectivity index (χ0) is 9.80. The van der Waals surface area contributed by atoms with Crippen molar-refractivity contribution >= 4 is 5.82 Å². The van der Waals surface area contributed by atoms with E-state index in [-0.39, 0.29) is 0 Å². The molecule has 0 unspecified atom stereocenters. The Hall–Kier alpha value is -1.89. The maximum absolute atomic E-state index is 8.82. The number of hydrogen-bond acceptors (Lipinski definition) is 4. The molecule has 70 valence electrons. The van der Waals surface area contributed by atoms with Crippen LogP contribution in [0.25, 0.3) is 0 Å². The smallest absolute Gasteiger partial charge is 0.166 e. The highest BCUT2D eigenvalue weighted by Crippen LogP contribution is 2.16. The quantitative estimate of drug-likeness (QED) is 0.710. The predicted molar refractivity (Wildman–Crippen MR) is 52.5 cm³/mol. The monoisotopic (exact) mass is 186 g/mol. The van der Waals surface area contributed by atoms with Gasteiger partial charge in [0.2, 0.25) is 0 Å². The highest BCUT2D eigenvalue weighted by molar-refractivity contribution is 5.51. The molecule has 0 atom stereocenters. The van der Waals surface area contributed by atoms with E-state index in [9.17, 15) is 0 Å². The van der Waals surface area contributed by atoms with Crippen LogP contribution in [-0.4, -0.2) is 16.2 Å². The normalized spacial score (nSPS) is 15.4. The first-order valence-corrected chi connectivity index (χ1v) is 4.53. The highest BCUT2D eigenvalue weighted by Gasteiger charge is 2.12. The standard InChI is InChI=1S/C10H10N4/c11-7-8-5-6-12-14-10(8)13-9-3-1-2-4-9/h1-2,5-6,9H,3-4H2,(H,13,14). The van der Waals surface area contributed by atoms with Crippen LogP contribution in [0.2, 0.25) is 0 Å². The zero-order valence-electron chi connectivity index (χ0n) is 7.64. The summed E-state index contributed by atoms with van der Waals surface area (Å²) < 4.78 is 0. The van der Waals surface area contributed by atoms with Gasteiger partial charge in [-0.3, -0.25) is 0 Å². The first-order valence-electron chi connectivity index (χ1n) is 4.53. The second-order valence-corrected chi connectivity index (χ2v) is 3.19. The summed E-state index contributed by atoms with van der Waals surface area (Å²) in [6.45, 7) is 0. The Bertz CT molecular complexity index is 383. The number of rotatable bonds is 2. The molecule has 0 spiro atoms. The Kier molecular flexibility index (Phi) is 2.41. The molecule has 0 saturated heterocycles. The lowest BCUT2D eigenvalue weighted by molar-refractivity contribution is 0.774. The molecule has 0 amide bonds. The summed E-state index contributed by atoms with van der Waals surface area (Å²) in [6.07, 6.45) is 7.75. The Morgan fingerprint density at radius 1 is 1.43 bits per heavy atom. The lowest BCUT2D eigenvalue weighted by atomic mass is 10.2. The van der Waals surface area contributed by atoms with E-state index in [1.54, 1.807) is 6.07 Å². The van der Waals surface area contributed by atoms with Gasteiger partial charge in [0.25, 0.3) is 0 Å². The van der Waals surface area contributed by atoms with Gasteiger partial charge in [-0.25, -0.2) is 0 Å². The number of nitrogens with zero attached hydrogens (tertiary/aromatic N) is 3. The van der Waals surface area contributed by atoms with Crippen molar-refractivity contribution in [2.45, 2.75) is 18.9 Å². The molecule has 1 heterocycles. The van der Waals surface area contributed by atoms with Gasteiger partial charge in [0.05, 0.1) is 11.8 Å². The molecule has 0 bridgehead atoms. The molecule has 1 aromatic rings. The Balaban J connectivity index is 2.12. The summed E-state index contributed by atoms with van der Waals surface area (Å²) in [7, 11) is 0. The minimum Gasteiger partial charge on any atom is -0.364 e. The molecule has 1 aromatic heterocycles. The molecule has 2 rings (SSSR count). The Morgan fingerprint density at radius 3 is 2.93 bits per heavy atom. The van der Waals surface area contributed by atoms with E-state index in [0.717, 1.165) is 12.8 Å². The molecule has 1 N–H and O–H groups in total. The summed E-state index contributed by atoms with van der Waals surface area (Å²) in [4.78, 5) is 0. The van der Waals surface area contributed by atoms with Crippen molar-refractivity contribution in [1.82, 2.24) is 10.2 Å². The van der Waals surface area contributed by atoms with E-state index in [0.29, 0.717) is 17.4 Å². The van der Waals surface area contributed by atoms with E-state index < -0.39 is 0 Å². The van der Waals surface area contributed by atoms with Crippen LogP contribution in [0.1, 0.15) is 18.4 Å². The van der Waals surface area contributed by atoms with Crippen LogP contribution in [0.5, 0.6) is 0 Å². The fraction of sp³-hybridized carbons (Fsp3) is 0.300. The second kappa shape index (κ2) is 3.88. The molecular weight excluding hydrogens is 176 g/mol. The van der Waals surface area contributed by atoms with Crippen LogP contribution < -0.4 is 5.32 Å². The summed E-state index contributed by atoms with van der Waals surface area (Å²) in [5, 5.41) is 19.7. The Labute approximate surface area is 82.3 Å². The minimum atomic E-state index is 0.360. The topological polar surface area (TPSA) is 61.6 Å². The summed E-state index contributed by atoms with van der Waals surface area (Å²) in [5.74, 6) is 0.587. The fourth-order valence-corrected chi connectivity index (χ4v) is 1.46. The second-order valence-electron chi connectivity index (χ2n) is 3.19. The number of nitriles is 1. The molecule has 0 aliphatic heterocycles. The van der Waals surface area contributed by atoms with E-state index >= 15 is 0 Å². The van der Waals surface area contributed by atoms with Crippen molar-refractivity contribution < 1.29 is 0 Å². The molecule has 0 saturated carbocycles. The van der Waals surface area contributed by atoms with Gasteiger partial charge in [-0.1, -0.05) is 12.2 Å². The lowest BCUT2D eigenvalue weighted by Crippen LogP contribution is -2.17. The number of hydrogen-bond donors (Lipinski definition) is 1. The maximum atomic E-state index is 8.82. The minimum absolute atomic E-state index is 0.360. The van der Waals surface area contributed by atoms with Gasteiger partial charge in [0.1, 0.15) is 6.07 Å². The molecule has 0 fully saturated rings. The van der Waals surface area contributed by atoms with Gasteiger partial charge in [-0.05, 0) is 18.9 Å². The van der Waals surface area contributed by atoms with Crippen LogP contribution in [-0.2, 0) is 0 Å². The molecular formula is C10H10N4. The van der Waals surface area contributed by atoms with E-state index in [4.69, 9.17) is 5.26 Å². The van der Waals surface area contributed by atoms with Gasteiger partial charge < -0.3 is 5.32 Å². The average molecular weight is 186 g/mol. The molecule has 1 aliphatic carbocycles. The number of anilines is 1. The van der Waals surface area contributed by atoms with Crippen molar-refractivity contribution in [3.63, 3.8) is 0 Å². The summed E-state index contributed by atoms with van der Waals surface area (Å²) in [5.41, 5.74) is 0.548. The van der Waals surface area contributed by atoms with E-state index in [1.807, 2.05) is 0 Å². The third kappa shape index (κ3) is 1.72. The average Bonchev–Trinajstić information content (AvgIpc) is 2.71. The SMILES string of the molecule is N#Cc1ccnnc1NC1CC=CC1. The van der Waals surface area contributed by atoms with Crippen molar-refractivity contribution in [3.8, 4) is 6.07 Å². The number of nitrogens with one attached hydrogen (secondary N) is 1. The third-order valence-corrected chi connectivity index (χ3v) is 2.19. The van der Waals surface area contributed by atoms with E-state index in [1.165, 1.54) is 6.20 Å². The van der Waals surface area contributed by atoms with Gasteiger partial charge >= 0.3 is 0 Å². The summed E-state index contributed by atoms with van der Waals surface area (Å²) in [6, 6.07) is 4.11. The molecule has 1 aliphatic rings. The van der Waals surface area contributed by atoms with Gasteiger partial charge in [0.15, 0.2) is 5.82 Å². The maximum Gasteiger partial charge on any atom is 0.166 e.